The zero-order valence-corrected chi connectivity index (χ0v) is 15.0. The number of hydrogen-bond donors (Lipinski definition) is 2. The number of aryl methyl sites for hydroxylation is 1. The average Bonchev–Trinajstić information content (AvgIpc) is 3.20. The van der Waals surface area contributed by atoms with Gasteiger partial charge in [0, 0.05) is 32.6 Å². The number of rotatable bonds is 3. The molecule has 1 amide bonds. The number of anilines is 1. The van der Waals surface area contributed by atoms with Gasteiger partial charge in [-0.05, 0) is 42.9 Å². The minimum absolute atomic E-state index is 0.334. The van der Waals surface area contributed by atoms with Crippen molar-refractivity contribution < 1.29 is 4.79 Å². The normalized spacial score (nSPS) is 16.5. The molecule has 0 aromatic carbocycles. The van der Waals surface area contributed by atoms with Gasteiger partial charge in [-0.15, -0.1) is 22.7 Å². The number of pyridine rings is 1. The van der Waals surface area contributed by atoms with Crippen LogP contribution in [-0.2, 0) is 6.42 Å². The molecule has 0 aliphatic heterocycles. The highest BCUT2D eigenvalue weighted by Crippen LogP contribution is 2.45. The van der Waals surface area contributed by atoms with E-state index in [1.807, 2.05) is 6.07 Å². The lowest BCUT2D eigenvalue weighted by Crippen LogP contribution is -2.11. The summed E-state index contributed by atoms with van der Waals surface area (Å²) in [5, 5.41) is 9.84. The first kappa shape index (κ1) is 16.1. The molecular weight excluding hydrogens is 352 g/mol. The van der Waals surface area contributed by atoms with Crippen LogP contribution in [0.3, 0.4) is 0 Å². The Balaban J connectivity index is 1.84. The van der Waals surface area contributed by atoms with Gasteiger partial charge in [-0.1, -0.05) is 0 Å². The fraction of sp³-hybridized carbons (Fsp3) is 0.278. The minimum atomic E-state index is -0.495. The minimum Gasteiger partial charge on any atom is -0.383 e. The summed E-state index contributed by atoms with van der Waals surface area (Å²) in [5.41, 5.74) is 13.2. The summed E-state index contributed by atoms with van der Waals surface area (Å²) in [6.45, 7) is 0. The quantitative estimate of drug-likeness (QED) is 0.727. The molecule has 25 heavy (non-hydrogen) atoms. The van der Waals surface area contributed by atoms with Crippen LogP contribution < -0.4 is 11.5 Å². The van der Waals surface area contributed by atoms with Crippen molar-refractivity contribution in [2.45, 2.75) is 31.6 Å². The van der Waals surface area contributed by atoms with Gasteiger partial charge in [-0.2, -0.15) is 5.26 Å². The number of thiophene rings is 2. The molecule has 4 rings (SSSR count). The predicted molar refractivity (Wildman–Crippen MR) is 102 cm³/mol. The van der Waals surface area contributed by atoms with Crippen LogP contribution in [0.5, 0.6) is 0 Å². The Bertz CT molecular complexity index is 1030. The number of primary amides is 1. The number of nitrogen functional groups attached to an aromatic ring is 1. The van der Waals surface area contributed by atoms with E-state index in [0.717, 1.165) is 39.1 Å². The van der Waals surface area contributed by atoms with E-state index >= 15 is 0 Å². The predicted octanol–water partition coefficient (Wildman–Crippen LogP) is 4.04. The fourth-order valence-electron chi connectivity index (χ4n) is 3.43. The Hall–Kier alpha value is -2.43. The van der Waals surface area contributed by atoms with Crippen molar-refractivity contribution in [2.24, 2.45) is 5.73 Å². The first-order valence-electron chi connectivity index (χ1n) is 8.06. The maximum atomic E-state index is 11.7. The van der Waals surface area contributed by atoms with Crippen molar-refractivity contribution in [2.75, 3.05) is 5.73 Å². The van der Waals surface area contributed by atoms with Gasteiger partial charge in [0.1, 0.15) is 5.82 Å². The number of carbonyl (C=O) groups is 1. The van der Waals surface area contributed by atoms with Crippen LogP contribution in [0.1, 0.15) is 46.0 Å². The lowest BCUT2D eigenvalue weighted by molar-refractivity contribution is 0.100. The average molecular weight is 368 g/mol. The van der Waals surface area contributed by atoms with Crippen LogP contribution in [0.25, 0.3) is 19.8 Å². The molecule has 1 atom stereocenters. The number of hydrogen-bond acceptors (Lipinski definition) is 6. The molecule has 0 radical (unpaired) electrons. The van der Waals surface area contributed by atoms with Crippen molar-refractivity contribution in [3.63, 3.8) is 0 Å². The van der Waals surface area contributed by atoms with E-state index in [1.165, 1.54) is 28.0 Å². The summed E-state index contributed by atoms with van der Waals surface area (Å²) < 4.78 is 0.787. The monoisotopic (exact) mass is 368 g/mol. The molecule has 0 saturated heterocycles. The Labute approximate surface area is 152 Å². The molecule has 1 aliphatic rings. The third-order valence-corrected chi connectivity index (χ3v) is 7.24. The molecular formula is C18H16N4OS2. The molecule has 7 heteroatoms. The lowest BCUT2D eigenvalue weighted by atomic mass is 9.86. The van der Waals surface area contributed by atoms with Gasteiger partial charge in [0.05, 0.1) is 16.3 Å². The van der Waals surface area contributed by atoms with E-state index in [1.54, 1.807) is 11.3 Å². The molecule has 3 heterocycles. The highest BCUT2D eigenvalue weighted by molar-refractivity contribution is 7.26. The van der Waals surface area contributed by atoms with Crippen LogP contribution in [0.15, 0.2) is 18.3 Å². The van der Waals surface area contributed by atoms with Gasteiger partial charge in [0.25, 0.3) is 5.91 Å². The number of carbonyl (C=O) groups excluding carboxylic acids is 1. The molecule has 4 N–H and O–H groups in total. The third kappa shape index (κ3) is 2.68. The van der Waals surface area contributed by atoms with Gasteiger partial charge in [-0.3, -0.25) is 4.79 Å². The molecule has 5 nitrogen and oxygen atoms in total. The largest absolute Gasteiger partial charge is 0.383 e. The van der Waals surface area contributed by atoms with E-state index in [2.05, 4.69) is 17.1 Å². The van der Waals surface area contributed by atoms with Crippen molar-refractivity contribution in [1.29, 1.82) is 5.26 Å². The molecule has 0 bridgehead atoms. The Morgan fingerprint density at radius 2 is 2.16 bits per heavy atom. The smallest absolute Gasteiger partial charge is 0.251 e. The summed E-state index contributed by atoms with van der Waals surface area (Å²) >= 11 is 3.30. The Morgan fingerprint density at radius 1 is 1.36 bits per heavy atom. The molecule has 1 unspecified atom stereocenters. The van der Waals surface area contributed by atoms with E-state index in [0.29, 0.717) is 23.7 Å². The van der Waals surface area contributed by atoms with Crippen LogP contribution in [0.2, 0.25) is 0 Å². The van der Waals surface area contributed by atoms with Gasteiger partial charge in [-0.25, -0.2) is 4.98 Å². The third-order valence-electron chi connectivity index (χ3n) is 4.67. The summed E-state index contributed by atoms with van der Waals surface area (Å²) in [5.74, 6) is 0.248. The first-order valence-corrected chi connectivity index (χ1v) is 9.69. The lowest BCUT2D eigenvalue weighted by Gasteiger charge is -2.19. The Morgan fingerprint density at radius 3 is 2.92 bits per heavy atom. The summed E-state index contributed by atoms with van der Waals surface area (Å²) in [6, 6.07) is 6.51. The maximum Gasteiger partial charge on any atom is 0.251 e. The number of nitrogens with two attached hydrogens (primary N) is 2. The molecule has 0 saturated carbocycles. The van der Waals surface area contributed by atoms with Crippen molar-refractivity contribution >= 4 is 44.5 Å². The number of aromatic nitrogens is 1. The van der Waals surface area contributed by atoms with Crippen molar-refractivity contribution in [1.82, 2.24) is 4.98 Å². The standard InChI is InChI=1S/C18H16N4OS2/c19-5-4-9-2-1-3-13-10(9)6-14(24-13)15-7-11-16(25-15)12(18(21)23)8-22-17(11)20/h6-9H,1-4H2,(H2,20,22)(H2,21,23). The van der Waals surface area contributed by atoms with Gasteiger partial charge < -0.3 is 11.5 Å². The molecule has 1 aliphatic carbocycles. The van der Waals surface area contributed by atoms with E-state index in [9.17, 15) is 4.79 Å². The van der Waals surface area contributed by atoms with Crippen LogP contribution >= 0.6 is 22.7 Å². The second-order valence-corrected chi connectivity index (χ2v) is 8.40. The summed E-state index contributed by atoms with van der Waals surface area (Å²) in [4.78, 5) is 19.3. The SMILES string of the molecule is N#CCC1CCCc2sc(-c3cc4c(N)ncc(C(N)=O)c4s3)cc21. The topological polar surface area (TPSA) is 106 Å². The first-order chi connectivity index (χ1) is 12.1. The second-order valence-electron chi connectivity index (χ2n) is 6.22. The van der Waals surface area contributed by atoms with E-state index in [4.69, 9.17) is 16.7 Å². The van der Waals surface area contributed by atoms with Crippen LogP contribution in [0.4, 0.5) is 5.82 Å². The number of nitrogens with zero attached hydrogens (tertiary/aromatic N) is 2. The van der Waals surface area contributed by atoms with Gasteiger partial charge in [0.2, 0.25) is 0 Å². The molecule has 126 valence electrons. The molecule has 0 spiro atoms. The Kier molecular flexibility index (Phi) is 3.94. The maximum absolute atomic E-state index is 11.7. The second kappa shape index (κ2) is 6.14. The number of fused-ring (bicyclic) bond motifs is 2. The molecule has 0 fully saturated rings. The highest BCUT2D eigenvalue weighted by atomic mass is 32.1. The zero-order chi connectivity index (χ0) is 17.6. The summed E-state index contributed by atoms with van der Waals surface area (Å²) in [7, 11) is 0. The zero-order valence-electron chi connectivity index (χ0n) is 13.4. The van der Waals surface area contributed by atoms with Crippen molar-refractivity contribution in [3.05, 3.63) is 34.3 Å². The number of amides is 1. The van der Waals surface area contributed by atoms with Crippen LogP contribution in [0, 0.1) is 11.3 Å². The highest BCUT2D eigenvalue weighted by Gasteiger charge is 2.24. The summed E-state index contributed by atoms with van der Waals surface area (Å²) in [6.07, 6.45) is 5.30. The van der Waals surface area contributed by atoms with Gasteiger partial charge >= 0.3 is 0 Å². The van der Waals surface area contributed by atoms with E-state index < -0.39 is 5.91 Å². The van der Waals surface area contributed by atoms with Crippen molar-refractivity contribution in [3.8, 4) is 15.8 Å². The molecule has 3 aromatic heterocycles. The van der Waals surface area contributed by atoms with Gasteiger partial charge in [0.15, 0.2) is 0 Å². The fourth-order valence-corrected chi connectivity index (χ4v) is 5.98. The van der Waals surface area contributed by atoms with E-state index in [-0.39, 0.29) is 0 Å². The van der Waals surface area contributed by atoms with Crippen LogP contribution in [-0.4, -0.2) is 10.9 Å². The molecule has 3 aromatic rings. The number of nitriles is 1.